The minimum Gasteiger partial charge on any atom is -0.907 e. The van der Waals surface area contributed by atoms with Gasteiger partial charge in [-0.1, -0.05) is 0 Å². The van der Waals surface area contributed by atoms with Gasteiger partial charge in [-0.25, -0.2) is 0 Å². The Labute approximate surface area is 188 Å². The molecule has 0 atom stereocenters. The molecule has 0 aliphatic heterocycles. The van der Waals surface area contributed by atoms with Crippen molar-refractivity contribution in [2.75, 3.05) is 0 Å². The monoisotopic (exact) mass is 314 g/mol. The first-order valence-corrected chi connectivity index (χ1v) is 2.83. The Morgan fingerprint density at radius 1 is 0.278 bits per heavy atom. The molecule has 12 nitrogen and oxygen atoms in total. The van der Waals surface area contributed by atoms with Gasteiger partial charge in [0.2, 0.25) is 0 Å². The molecule has 0 spiro atoms. The standard InChI is InChI=1S/4BO3.2K/c4*2-1(3)4;;/q4*-3;2*+1. The summed E-state index contributed by atoms with van der Waals surface area (Å²) in [4.78, 5) is 0. The average molecular weight is 313 g/mol. The first kappa shape index (κ1) is 37.4. The van der Waals surface area contributed by atoms with Crippen LogP contribution in [0.3, 0.4) is 0 Å². The molecule has 0 amide bonds. The van der Waals surface area contributed by atoms with E-state index in [4.69, 9.17) is 60.3 Å². The molecule has 0 aromatic rings. The molecule has 0 N–H and O–H groups in total. The molecule has 0 aromatic carbocycles. The first-order chi connectivity index (χ1) is 6.93. The van der Waals surface area contributed by atoms with Gasteiger partial charge in [0.15, 0.2) is 0 Å². The largest absolute Gasteiger partial charge is 1.00 e. The van der Waals surface area contributed by atoms with E-state index in [2.05, 4.69) is 0 Å². The van der Waals surface area contributed by atoms with Gasteiger partial charge < -0.3 is 60.3 Å². The summed E-state index contributed by atoms with van der Waals surface area (Å²) in [7, 11) is -11.7. The molecule has 0 rings (SSSR count). The second-order valence-electron chi connectivity index (χ2n) is 1.15. The zero-order chi connectivity index (χ0) is 14.3. The topological polar surface area (TPSA) is 277 Å². The van der Waals surface area contributed by atoms with Crippen LogP contribution in [0.15, 0.2) is 0 Å². The third-order valence-electron chi connectivity index (χ3n) is 0. The van der Waals surface area contributed by atoms with Crippen LogP contribution < -0.4 is 163 Å². The maximum atomic E-state index is 8.42. The SMILES string of the molecule is [K+].[K+].[O-]B([O-])[O-].[O-]B([O-])[O-].[O-]B([O-])[O-].[O-]B([O-])[O-]. The summed E-state index contributed by atoms with van der Waals surface area (Å²) >= 11 is 0. The molecule has 0 fully saturated rings. The molecule has 0 aromatic heterocycles. The molecular weight excluding hydrogens is 313 g/mol. The fraction of sp³-hybridized carbons (Fsp3) is 0. The van der Waals surface area contributed by atoms with Gasteiger partial charge in [0.1, 0.15) is 0 Å². The van der Waals surface area contributed by atoms with E-state index in [0.717, 1.165) is 0 Å². The average Bonchev–Trinajstić information content (AvgIpc) is 1.76. The predicted molar refractivity (Wildman–Crippen MR) is 23.0 cm³/mol. The van der Waals surface area contributed by atoms with Crippen molar-refractivity contribution in [3.63, 3.8) is 0 Å². The van der Waals surface area contributed by atoms with E-state index < -0.39 is 29.3 Å². The smallest absolute Gasteiger partial charge is 0.907 e. The summed E-state index contributed by atoms with van der Waals surface area (Å²) < 4.78 is 0. The zero-order valence-electron chi connectivity index (χ0n) is 9.21. The molecule has 0 saturated carbocycles. The third-order valence-corrected chi connectivity index (χ3v) is 0. The fourth-order valence-corrected chi connectivity index (χ4v) is 0. The van der Waals surface area contributed by atoms with Crippen LogP contribution >= 0.6 is 0 Å². The van der Waals surface area contributed by atoms with Gasteiger partial charge >= 0.3 is 103 Å². The van der Waals surface area contributed by atoms with E-state index in [9.17, 15) is 0 Å². The van der Waals surface area contributed by atoms with Crippen LogP contribution in [0.4, 0.5) is 0 Å². The van der Waals surface area contributed by atoms with Crippen LogP contribution in [-0.4, -0.2) is 29.3 Å². The van der Waals surface area contributed by atoms with Gasteiger partial charge in [0, 0.05) is 0 Å². The molecule has 0 aliphatic rings. The van der Waals surface area contributed by atoms with E-state index in [1.807, 2.05) is 0 Å². The van der Waals surface area contributed by atoms with Gasteiger partial charge in [0.25, 0.3) is 0 Å². The summed E-state index contributed by atoms with van der Waals surface area (Å²) in [5.41, 5.74) is 0. The number of hydrogen-bond donors (Lipinski definition) is 0. The van der Waals surface area contributed by atoms with Gasteiger partial charge in [-0.2, -0.15) is 0 Å². The second kappa shape index (κ2) is 32.1. The second-order valence-corrected chi connectivity index (χ2v) is 1.15. The molecule has 0 saturated heterocycles. The van der Waals surface area contributed by atoms with Crippen molar-refractivity contribution in [1.29, 1.82) is 0 Å². The maximum absolute atomic E-state index is 8.42. The molecule has 0 unspecified atom stereocenters. The zero-order valence-corrected chi connectivity index (χ0v) is 15.5. The van der Waals surface area contributed by atoms with E-state index in [-0.39, 0.29) is 103 Å². The van der Waals surface area contributed by atoms with E-state index in [1.54, 1.807) is 0 Å². The Hall–Kier alpha value is 3.05. The van der Waals surface area contributed by atoms with Crippen LogP contribution in [0.2, 0.25) is 0 Å². The molecule has 0 bridgehead atoms. The Morgan fingerprint density at radius 2 is 0.278 bits per heavy atom. The molecular formula is B4K2O12-10. The van der Waals surface area contributed by atoms with Crippen LogP contribution in [0.5, 0.6) is 0 Å². The summed E-state index contributed by atoms with van der Waals surface area (Å²) in [6.07, 6.45) is 0. The molecule has 96 valence electrons. The quantitative estimate of drug-likeness (QED) is 0.376. The first-order valence-electron chi connectivity index (χ1n) is 2.83. The van der Waals surface area contributed by atoms with Crippen molar-refractivity contribution in [2.45, 2.75) is 0 Å². The van der Waals surface area contributed by atoms with Crippen molar-refractivity contribution in [3.05, 3.63) is 0 Å². The van der Waals surface area contributed by atoms with E-state index >= 15 is 0 Å². The van der Waals surface area contributed by atoms with E-state index in [1.165, 1.54) is 0 Å². The van der Waals surface area contributed by atoms with Crippen LogP contribution in [0.25, 0.3) is 0 Å². The van der Waals surface area contributed by atoms with Crippen LogP contribution in [0, 0.1) is 0 Å². The fourth-order valence-electron chi connectivity index (χ4n) is 0. The molecule has 18 heteroatoms. The van der Waals surface area contributed by atoms with Gasteiger partial charge in [0.05, 0.1) is 0 Å². The molecule has 18 heavy (non-hydrogen) atoms. The minimum absolute atomic E-state index is 0. The summed E-state index contributed by atoms with van der Waals surface area (Å²) in [6, 6.07) is 0. The van der Waals surface area contributed by atoms with Gasteiger partial charge in [-0.05, 0) is 0 Å². The third kappa shape index (κ3) is 666. The molecule has 0 aliphatic carbocycles. The van der Waals surface area contributed by atoms with Crippen molar-refractivity contribution in [2.24, 2.45) is 0 Å². The van der Waals surface area contributed by atoms with E-state index in [0.29, 0.717) is 0 Å². The van der Waals surface area contributed by atoms with Crippen LogP contribution in [-0.2, 0) is 0 Å². The van der Waals surface area contributed by atoms with Gasteiger partial charge in [-0.15, -0.1) is 0 Å². The molecule has 0 heterocycles. The van der Waals surface area contributed by atoms with Crippen molar-refractivity contribution in [1.82, 2.24) is 0 Å². The maximum Gasteiger partial charge on any atom is 1.00 e. The predicted octanol–water partition coefficient (Wildman–Crippen LogP) is -21.8. The Bertz CT molecular complexity index is 65.1. The van der Waals surface area contributed by atoms with Crippen molar-refractivity contribution < 1.29 is 163 Å². The Balaban J connectivity index is -0.0000000257. The summed E-state index contributed by atoms with van der Waals surface area (Å²) in [5, 5.41) is 101. The molecule has 0 radical (unpaired) electrons. The van der Waals surface area contributed by atoms with Crippen molar-refractivity contribution >= 4 is 29.3 Å². The summed E-state index contributed by atoms with van der Waals surface area (Å²) in [6.45, 7) is 0. The van der Waals surface area contributed by atoms with Gasteiger partial charge in [-0.3, -0.25) is 29.3 Å². The number of rotatable bonds is 0. The normalized spacial score (nSPS) is 6.00. The Kier molecular flexibility index (Phi) is 66.7. The Morgan fingerprint density at radius 3 is 0.278 bits per heavy atom. The summed E-state index contributed by atoms with van der Waals surface area (Å²) in [5.74, 6) is 0. The number of hydrogen-bond acceptors (Lipinski definition) is 12. The van der Waals surface area contributed by atoms with Crippen LogP contribution in [0.1, 0.15) is 0 Å². The minimum atomic E-state index is -2.92. The van der Waals surface area contributed by atoms with Crippen molar-refractivity contribution in [3.8, 4) is 0 Å².